The highest BCUT2D eigenvalue weighted by Crippen LogP contribution is 2.35. The van der Waals surface area contributed by atoms with Crippen molar-refractivity contribution in [2.75, 3.05) is 66.4 Å². The van der Waals surface area contributed by atoms with Gasteiger partial charge in [-0.2, -0.15) is 9.97 Å². The number of nitrogens with one attached hydrogen (secondary N) is 4. The Kier molecular flexibility index (Phi) is 13.9. The molecule has 4 aromatic carbocycles. The van der Waals surface area contributed by atoms with E-state index in [4.69, 9.17) is 49.1 Å². The van der Waals surface area contributed by atoms with Gasteiger partial charge in [-0.25, -0.2) is 14.4 Å². The minimum absolute atomic E-state index is 0.00169. The Morgan fingerprint density at radius 2 is 1.02 bits per heavy atom. The average molecular weight is 915 g/mol. The average Bonchev–Trinajstić information content (AvgIpc) is 3.29. The summed E-state index contributed by atoms with van der Waals surface area (Å²) in [5, 5.41) is 22.0. The van der Waals surface area contributed by atoms with Gasteiger partial charge < -0.3 is 35.8 Å². The maximum atomic E-state index is 14.4. The SMILES string of the molecule is COc1ccc(NC(=S)N(C2CCC(Nc3nc(N(C)C)c4ccccc4n3)CC2)N(C(=S)Nc2ccc(F)cc2C)C2CCC(Nc3nc(N(C)C)c4ccccc4n3)CC2)c(C)c1. The monoisotopic (exact) mass is 914 g/mol. The lowest BCUT2D eigenvalue weighted by Gasteiger charge is -2.49. The van der Waals surface area contributed by atoms with E-state index in [2.05, 4.69) is 43.4 Å². The third kappa shape index (κ3) is 10.4. The number of ether oxygens (including phenoxy) is 1. The second-order valence-electron chi connectivity index (χ2n) is 17.6. The van der Waals surface area contributed by atoms with E-state index < -0.39 is 0 Å². The molecule has 2 heterocycles. The van der Waals surface area contributed by atoms with Crippen LogP contribution in [0.3, 0.4) is 0 Å². The number of para-hydroxylation sites is 2. The molecular formula is C49H59FN12OS2. The van der Waals surface area contributed by atoms with Crippen molar-refractivity contribution in [3.8, 4) is 5.75 Å². The minimum atomic E-state index is -0.297. The summed E-state index contributed by atoms with van der Waals surface area (Å²) in [6.07, 6.45) is 6.74. The van der Waals surface area contributed by atoms with Crippen LogP contribution in [0.4, 0.5) is 39.3 Å². The molecule has 0 saturated heterocycles. The van der Waals surface area contributed by atoms with Gasteiger partial charge in [0, 0.05) is 62.4 Å². The lowest BCUT2D eigenvalue weighted by atomic mass is 9.89. The van der Waals surface area contributed by atoms with Crippen LogP contribution in [0.25, 0.3) is 21.8 Å². The molecule has 2 fully saturated rings. The zero-order chi connectivity index (χ0) is 45.8. The first-order valence-corrected chi connectivity index (χ1v) is 23.2. The van der Waals surface area contributed by atoms with Gasteiger partial charge in [0.05, 0.1) is 30.2 Å². The molecule has 0 unspecified atom stereocenters. The molecule has 0 aliphatic heterocycles. The maximum absolute atomic E-state index is 14.4. The molecule has 0 bridgehead atoms. The van der Waals surface area contributed by atoms with Crippen LogP contribution in [-0.2, 0) is 0 Å². The molecule has 340 valence electrons. The van der Waals surface area contributed by atoms with Crippen molar-refractivity contribution in [1.82, 2.24) is 30.0 Å². The Morgan fingerprint density at radius 3 is 1.43 bits per heavy atom. The van der Waals surface area contributed by atoms with Gasteiger partial charge in [-0.1, -0.05) is 24.3 Å². The van der Waals surface area contributed by atoms with Crippen LogP contribution >= 0.6 is 24.4 Å². The first-order chi connectivity index (χ1) is 31.3. The van der Waals surface area contributed by atoms with E-state index >= 15 is 0 Å². The van der Waals surface area contributed by atoms with Crippen LogP contribution in [0.2, 0.25) is 0 Å². The minimum Gasteiger partial charge on any atom is -0.497 e. The molecule has 2 aromatic heterocycles. The van der Waals surface area contributed by atoms with Gasteiger partial charge in [-0.15, -0.1) is 0 Å². The van der Waals surface area contributed by atoms with Crippen LogP contribution in [0.15, 0.2) is 84.9 Å². The maximum Gasteiger partial charge on any atom is 0.225 e. The fraction of sp³-hybridized carbons (Fsp3) is 0.388. The molecule has 0 amide bonds. The first-order valence-electron chi connectivity index (χ1n) is 22.4. The predicted molar refractivity (Wildman–Crippen MR) is 272 cm³/mol. The summed E-state index contributed by atoms with van der Waals surface area (Å²) in [6.45, 7) is 3.93. The fourth-order valence-electron chi connectivity index (χ4n) is 9.12. The highest BCUT2D eigenvalue weighted by molar-refractivity contribution is 7.81. The van der Waals surface area contributed by atoms with E-state index in [1.165, 1.54) is 12.1 Å². The van der Waals surface area contributed by atoms with Crippen molar-refractivity contribution in [3.63, 3.8) is 0 Å². The number of hydrazine groups is 1. The largest absolute Gasteiger partial charge is 0.497 e. The number of anilines is 6. The lowest BCUT2D eigenvalue weighted by molar-refractivity contribution is 0.0154. The molecule has 16 heteroatoms. The Balaban J connectivity index is 1.08. The highest BCUT2D eigenvalue weighted by atomic mass is 32.1. The smallest absolute Gasteiger partial charge is 0.225 e. The Bertz CT molecular complexity index is 2670. The molecule has 2 saturated carbocycles. The van der Waals surface area contributed by atoms with Gasteiger partial charge in [0.25, 0.3) is 0 Å². The molecule has 0 radical (unpaired) electrons. The lowest BCUT2D eigenvalue weighted by Crippen LogP contribution is -2.62. The van der Waals surface area contributed by atoms with Crippen molar-refractivity contribution >= 4 is 91.4 Å². The van der Waals surface area contributed by atoms with Crippen LogP contribution in [0.1, 0.15) is 62.5 Å². The number of fused-ring (bicyclic) bond motifs is 2. The molecule has 6 aromatic rings. The number of hydrogen-bond donors (Lipinski definition) is 4. The standard InChI is InChI=1S/C49H59FN12OS2/c1-30-28-32(50)16-26-40(30)55-48(64)61(35-21-17-33(18-22-35)51-46-53-42-14-10-8-12-38(42)44(57-46)59(3)4)62(49(65)56-41-27-25-37(63-7)29-31(41)2)36-23-19-34(20-24-36)52-47-54-43-15-11-9-13-39(43)45(58-47)60(5)6/h8-16,25-29,33-36H,17-24H2,1-7H3,(H,55,64)(H,56,65)(H,51,53,57)(H,52,54,58). The van der Waals surface area contributed by atoms with Crippen molar-refractivity contribution in [3.05, 3.63) is 102 Å². The summed E-state index contributed by atoms with van der Waals surface area (Å²) in [5.74, 6) is 3.48. The van der Waals surface area contributed by atoms with E-state index in [1.54, 1.807) is 13.2 Å². The number of thiocarbonyl (C=S) groups is 2. The van der Waals surface area contributed by atoms with Gasteiger partial charge in [0.1, 0.15) is 23.2 Å². The number of rotatable bonds is 11. The van der Waals surface area contributed by atoms with Crippen molar-refractivity contribution in [1.29, 1.82) is 0 Å². The molecule has 0 atom stereocenters. The number of benzene rings is 4. The number of hydrogen-bond acceptors (Lipinski definition) is 11. The van der Waals surface area contributed by atoms with Crippen LogP contribution in [0.5, 0.6) is 5.75 Å². The van der Waals surface area contributed by atoms with E-state index in [1.807, 2.05) is 106 Å². The summed E-state index contributed by atoms with van der Waals surface area (Å²) < 4.78 is 19.9. The Morgan fingerprint density at radius 1 is 0.585 bits per heavy atom. The van der Waals surface area contributed by atoms with E-state index in [9.17, 15) is 4.39 Å². The number of halogens is 1. The molecule has 8 rings (SSSR count). The summed E-state index contributed by atoms with van der Waals surface area (Å²) in [4.78, 5) is 23.8. The topological polar surface area (TPSA) is 122 Å². The number of methoxy groups -OCH3 is 1. The third-order valence-electron chi connectivity index (χ3n) is 12.5. The first kappa shape index (κ1) is 45.4. The molecule has 65 heavy (non-hydrogen) atoms. The zero-order valence-corrected chi connectivity index (χ0v) is 39.9. The summed E-state index contributed by atoms with van der Waals surface area (Å²) >= 11 is 12.9. The van der Waals surface area contributed by atoms with Crippen molar-refractivity contribution in [2.24, 2.45) is 0 Å². The van der Waals surface area contributed by atoms with Crippen LogP contribution in [0, 0.1) is 19.7 Å². The van der Waals surface area contributed by atoms with E-state index in [0.717, 1.165) is 113 Å². The quantitative estimate of drug-likeness (QED) is 0.0728. The Hall–Kier alpha value is -6.13. The summed E-state index contributed by atoms with van der Waals surface area (Å²) in [5.41, 5.74) is 5.19. The van der Waals surface area contributed by atoms with Gasteiger partial charge in [-0.05, 0) is 161 Å². The second-order valence-corrected chi connectivity index (χ2v) is 18.3. The summed E-state index contributed by atoms with van der Waals surface area (Å²) in [7, 11) is 9.70. The zero-order valence-electron chi connectivity index (χ0n) is 38.2. The molecule has 0 spiro atoms. The van der Waals surface area contributed by atoms with Crippen molar-refractivity contribution in [2.45, 2.75) is 89.4 Å². The van der Waals surface area contributed by atoms with E-state index in [-0.39, 0.29) is 30.0 Å². The Labute approximate surface area is 392 Å². The second kappa shape index (κ2) is 19.9. The van der Waals surface area contributed by atoms with Crippen molar-refractivity contribution < 1.29 is 9.13 Å². The normalized spacial score (nSPS) is 18.4. The molecular weight excluding hydrogens is 856 g/mol. The number of aryl methyl sites for hydroxylation is 2. The van der Waals surface area contributed by atoms with Gasteiger partial charge in [0.15, 0.2) is 10.2 Å². The third-order valence-corrected chi connectivity index (χ3v) is 13.1. The van der Waals surface area contributed by atoms with Gasteiger partial charge in [-0.3, -0.25) is 10.0 Å². The fourth-order valence-corrected chi connectivity index (χ4v) is 9.81. The molecule has 13 nitrogen and oxygen atoms in total. The van der Waals surface area contributed by atoms with Gasteiger partial charge in [0.2, 0.25) is 11.9 Å². The summed E-state index contributed by atoms with van der Waals surface area (Å²) in [6, 6.07) is 27.2. The molecule has 2 aliphatic rings. The van der Waals surface area contributed by atoms with Crippen LogP contribution < -0.4 is 35.8 Å². The van der Waals surface area contributed by atoms with E-state index in [0.29, 0.717) is 22.1 Å². The molecule has 4 N–H and O–H groups in total. The molecule has 2 aliphatic carbocycles. The van der Waals surface area contributed by atoms with Gasteiger partial charge >= 0.3 is 0 Å². The number of nitrogens with zero attached hydrogens (tertiary/aromatic N) is 8. The highest BCUT2D eigenvalue weighted by Gasteiger charge is 2.38. The number of aromatic nitrogens is 4. The predicted octanol–water partition coefficient (Wildman–Crippen LogP) is 9.93. The van der Waals surface area contributed by atoms with Crippen LogP contribution in [-0.4, -0.2) is 99.6 Å².